The fourth-order valence-electron chi connectivity index (χ4n) is 2.60. The second kappa shape index (κ2) is 6.52. The molecule has 0 aliphatic carbocycles. The molecule has 6 nitrogen and oxygen atoms in total. The summed E-state index contributed by atoms with van der Waals surface area (Å²) in [6.07, 6.45) is 1.79. The lowest BCUT2D eigenvalue weighted by Crippen LogP contribution is -1.94. The average molecular weight is 336 g/mol. The first-order chi connectivity index (χ1) is 11.9. The fourth-order valence-corrected chi connectivity index (χ4v) is 2.60. The molecule has 126 valence electrons. The predicted molar refractivity (Wildman–Crippen MR) is 95.3 cm³/mol. The van der Waals surface area contributed by atoms with Crippen LogP contribution in [0, 0.1) is 6.92 Å². The highest BCUT2D eigenvalue weighted by molar-refractivity contribution is 5.94. The van der Waals surface area contributed by atoms with Crippen molar-refractivity contribution in [3.63, 3.8) is 0 Å². The first-order valence-corrected chi connectivity index (χ1v) is 7.57. The molecule has 6 heteroatoms. The average Bonchev–Trinajstić information content (AvgIpc) is 3.18. The first-order valence-electron chi connectivity index (χ1n) is 7.57. The molecule has 2 heterocycles. The molecule has 2 aromatic carbocycles. The Balaban J connectivity index is 0.000000146. The maximum Gasteiger partial charge on any atom is 0.335 e. The van der Waals surface area contributed by atoms with Gasteiger partial charge in [-0.25, -0.2) is 9.59 Å². The largest absolute Gasteiger partial charge is 0.478 e. The predicted octanol–water partition coefficient (Wildman–Crippen LogP) is 4.04. The Hall–Kier alpha value is -3.54. The van der Waals surface area contributed by atoms with E-state index in [9.17, 15) is 9.59 Å². The standard InChI is InChI=1S/C10H9NO2.C9H7NO2/c1-6-4-8-5-7(10(12)13)2-3-9(8)11-6;11-9(12)7-1-2-8-6(5-7)3-4-10-8/h2-5,11H,1H3,(H,12,13);1-5,10H,(H,11,12). The van der Waals surface area contributed by atoms with Crippen molar-refractivity contribution in [3.05, 3.63) is 71.5 Å². The van der Waals surface area contributed by atoms with Crippen LogP contribution in [0.1, 0.15) is 26.4 Å². The molecule has 0 unspecified atom stereocenters. The van der Waals surface area contributed by atoms with Gasteiger partial charge in [0.15, 0.2) is 0 Å². The van der Waals surface area contributed by atoms with Gasteiger partial charge in [0.05, 0.1) is 11.1 Å². The molecule has 4 rings (SSSR count). The number of rotatable bonds is 2. The Morgan fingerprint density at radius 3 is 2.04 bits per heavy atom. The zero-order valence-corrected chi connectivity index (χ0v) is 13.4. The van der Waals surface area contributed by atoms with Gasteiger partial charge in [0.1, 0.15) is 0 Å². The number of carboxylic acid groups (broad SMARTS) is 2. The Labute approximate surface area is 142 Å². The van der Waals surface area contributed by atoms with E-state index in [2.05, 4.69) is 9.97 Å². The van der Waals surface area contributed by atoms with Crippen molar-refractivity contribution in [1.82, 2.24) is 9.97 Å². The minimum atomic E-state index is -0.891. The molecule has 4 N–H and O–H groups in total. The molecule has 0 atom stereocenters. The van der Waals surface area contributed by atoms with E-state index in [1.807, 2.05) is 19.1 Å². The second-order valence-corrected chi connectivity index (χ2v) is 5.64. The van der Waals surface area contributed by atoms with Crippen molar-refractivity contribution < 1.29 is 19.8 Å². The summed E-state index contributed by atoms with van der Waals surface area (Å²) < 4.78 is 0. The molecule has 4 aromatic rings. The van der Waals surface area contributed by atoms with Crippen LogP contribution in [0.4, 0.5) is 0 Å². The number of hydrogen-bond donors (Lipinski definition) is 4. The molecule has 0 bridgehead atoms. The number of aromatic nitrogens is 2. The number of H-pyrrole nitrogens is 2. The molecule has 0 aliphatic rings. The van der Waals surface area contributed by atoms with Gasteiger partial charge in [-0.1, -0.05) is 0 Å². The van der Waals surface area contributed by atoms with E-state index in [1.54, 1.807) is 42.6 Å². The second-order valence-electron chi connectivity index (χ2n) is 5.64. The number of nitrogens with one attached hydrogen (secondary N) is 2. The Bertz CT molecular complexity index is 1080. The number of carboxylic acids is 2. The van der Waals surface area contributed by atoms with E-state index < -0.39 is 11.9 Å². The summed E-state index contributed by atoms with van der Waals surface area (Å²) in [6, 6.07) is 13.8. The third-order valence-electron chi connectivity index (χ3n) is 3.80. The van der Waals surface area contributed by atoms with Gasteiger partial charge in [0, 0.05) is 33.7 Å². The van der Waals surface area contributed by atoms with Gasteiger partial charge in [0.25, 0.3) is 0 Å². The summed E-state index contributed by atoms with van der Waals surface area (Å²) in [5.74, 6) is -1.78. The molecular formula is C19H16N2O4. The van der Waals surface area contributed by atoms with Gasteiger partial charge in [-0.15, -0.1) is 0 Å². The minimum Gasteiger partial charge on any atom is -0.478 e. The van der Waals surface area contributed by atoms with E-state index in [4.69, 9.17) is 10.2 Å². The van der Waals surface area contributed by atoms with Gasteiger partial charge in [0.2, 0.25) is 0 Å². The van der Waals surface area contributed by atoms with E-state index in [0.29, 0.717) is 11.1 Å². The number of benzene rings is 2. The number of carbonyl (C=O) groups is 2. The smallest absolute Gasteiger partial charge is 0.335 e. The van der Waals surface area contributed by atoms with Gasteiger partial charge < -0.3 is 20.2 Å². The summed E-state index contributed by atoms with van der Waals surface area (Å²) in [4.78, 5) is 27.3. The van der Waals surface area contributed by atoms with Crippen LogP contribution in [-0.2, 0) is 0 Å². The SMILES string of the molecule is Cc1cc2cc(C(=O)O)ccc2[nH]1.O=C(O)c1ccc2[nH]ccc2c1. The maximum atomic E-state index is 10.6. The van der Waals surface area contributed by atoms with Crippen LogP contribution >= 0.6 is 0 Å². The van der Waals surface area contributed by atoms with Crippen molar-refractivity contribution in [2.45, 2.75) is 6.92 Å². The summed E-state index contributed by atoms with van der Waals surface area (Å²) in [7, 11) is 0. The molecule has 0 amide bonds. The number of aryl methyl sites for hydroxylation is 1. The lowest BCUT2D eigenvalue weighted by Gasteiger charge is -1.93. The monoisotopic (exact) mass is 336 g/mol. The number of aromatic carboxylic acids is 2. The lowest BCUT2D eigenvalue weighted by atomic mass is 10.1. The van der Waals surface area contributed by atoms with Crippen LogP contribution in [0.15, 0.2) is 54.7 Å². The van der Waals surface area contributed by atoms with Gasteiger partial charge >= 0.3 is 11.9 Å². The maximum absolute atomic E-state index is 10.6. The van der Waals surface area contributed by atoms with Crippen LogP contribution in [0.5, 0.6) is 0 Å². The van der Waals surface area contributed by atoms with Gasteiger partial charge in [-0.3, -0.25) is 0 Å². The highest BCUT2D eigenvalue weighted by Gasteiger charge is 2.04. The molecule has 0 saturated carbocycles. The Morgan fingerprint density at radius 1 is 0.800 bits per heavy atom. The molecular weight excluding hydrogens is 320 g/mol. The summed E-state index contributed by atoms with van der Waals surface area (Å²) >= 11 is 0. The molecule has 25 heavy (non-hydrogen) atoms. The summed E-state index contributed by atoms with van der Waals surface area (Å²) in [5, 5.41) is 19.3. The molecule has 2 aromatic heterocycles. The van der Waals surface area contributed by atoms with E-state index >= 15 is 0 Å². The van der Waals surface area contributed by atoms with Crippen molar-refractivity contribution in [2.75, 3.05) is 0 Å². The molecule has 0 spiro atoms. The van der Waals surface area contributed by atoms with Gasteiger partial charge in [-0.2, -0.15) is 0 Å². The topological polar surface area (TPSA) is 106 Å². The van der Waals surface area contributed by atoms with Crippen molar-refractivity contribution >= 4 is 33.7 Å². The van der Waals surface area contributed by atoms with Crippen LogP contribution in [0.25, 0.3) is 21.8 Å². The van der Waals surface area contributed by atoms with E-state index in [-0.39, 0.29) is 0 Å². The quantitative estimate of drug-likeness (QED) is 0.443. The lowest BCUT2D eigenvalue weighted by molar-refractivity contribution is 0.0686. The molecule has 0 aliphatic heterocycles. The van der Waals surface area contributed by atoms with E-state index in [0.717, 1.165) is 27.5 Å². The minimum absolute atomic E-state index is 0.321. The Morgan fingerprint density at radius 2 is 1.40 bits per heavy atom. The number of aromatic amines is 2. The number of fused-ring (bicyclic) bond motifs is 2. The summed E-state index contributed by atoms with van der Waals surface area (Å²) in [5.41, 5.74) is 3.62. The van der Waals surface area contributed by atoms with Crippen molar-refractivity contribution in [2.24, 2.45) is 0 Å². The fraction of sp³-hybridized carbons (Fsp3) is 0.0526. The van der Waals surface area contributed by atoms with Crippen LogP contribution in [0.2, 0.25) is 0 Å². The molecule has 0 saturated heterocycles. The van der Waals surface area contributed by atoms with Gasteiger partial charge in [-0.05, 0) is 55.5 Å². The number of hydrogen-bond acceptors (Lipinski definition) is 2. The summed E-state index contributed by atoms with van der Waals surface area (Å²) in [6.45, 7) is 1.94. The molecule has 0 radical (unpaired) electrons. The highest BCUT2D eigenvalue weighted by atomic mass is 16.4. The van der Waals surface area contributed by atoms with Crippen molar-refractivity contribution in [1.29, 1.82) is 0 Å². The van der Waals surface area contributed by atoms with Crippen LogP contribution in [0.3, 0.4) is 0 Å². The van der Waals surface area contributed by atoms with Crippen molar-refractivity contribution in [3.8, 4) is 0 Å². The van der Waals surface area contributed by atoms with E-state index in [1.165, 1.54) is 0 Å². The first kappa shape index (κ1) is 16.3. The zero-order valence-electron chi connectivity index (χ0n) is 13.4. The molecule has 0 fully saturated rings. The highest BCUT2D eigenvalue weighted by Crippen LogP contribution is 2.16. The Kier molecular flexibility index (Phi) is 4.26. The third-order valence-corrected chi connectivity index (χ3v) is 3.80. The normalized spacial score (nSPS) is 10.4. The third kappa shape index (κ3) is 3.53. The zero-order chi connectivity index (χ0) is 18.0. The van der Waals surface area contributed by atoms with Crippen LogP contribution < -0.4 is 0 Å². The van der Waals surface area contributed by atoms with Crippen LogP contribution in [-0.4, -0.2) is 32.1 Å².